The van der Waals surface area contributed by atoms with Gasteiger partial charge in [0.2, 0.25) is 5.91 Å². The van der Waals surface area contributed by atoms with Crippen LogP contribution in [0.4, 0.5) is 0 Å². The number of carbonyl (C=O) groups is 1. The molecule has 1 atom stereocenters. The maximum Gasteiger partial charge on any atom is 0.220 e. The lowest BCUT2D eigenvalue weighted by atomic mass is 9.70. The van der Waals surface area contributed by atoms with Gasteiger partial charge >= 0.3 is 0 Å². The summed E-state index contributed by atoms with van der Waals surface area (Å²) in [5, 5.41) is 3.04. The van der Waals surface area contributed by atoms with Crippen molar-refractivity contribution in [2.75, 3.05) is 6.54 Å². The van der Waals surface area contributed by atoms with Crippen LogP contribution in [0.1, 0.15) is 50.6 Å². The lowest BCUT2D eigenvalue weighted by Crippen LogP contribution is -2.40. The second-order valence-electron chi connectivity index (χ2n) is 6.00. The van der Waals surface area contributed by atoms with Gasteiger partial charge in [0.25, 0.3) is 0 Å². The predicted octanol–water partition coefficient (Wildman–Crippen LogP) is 2.77. The Morgan fingerprint density at radius 3 is 2.63 bits per heavy atom. The zero-order valence-corrected chi connectivity index (χ0v) is 11.7. The van der Waals surface area contributed by atoms with Gasteiger partial charge in [-0.2, -0.15) is 0 Å². The Balaban J connectivity index is 1.68. The van der Waals surface area contributed by atoms with Gasteiger partial charge in [0, 0.05) is 19.0 Å². The van der Waals surface area contributed by atoms with Gasteiger partial charge in [0.05, 0.1) is 0 Å². The number of rotatable bonds is 6. The number of carbonyl (C=O) groups excluding carboxylic acids is 1. The maximum atomic E-state index is 11.8. The van der Waals surface area contributed by atoms with Gasteiger partial charge in [-0.3, -0.25) is 4.79 Å². The lowest BCUT2D eigenvalue weighted by molar-refractivity contribution is -0.122. The molecule has 0 radical (unpaired) electrons. The molecule has 1 aromatic rings. The van der Waals surface area contributed by atoms with E-state index in [0.29, 0.717) is 18.3 Å². The first-order chi connectivity index (χ1) is 9.09. The summed E-state index contributed by atoms with van der Waals surface area (Å²) in [6.45, 7) is 3.05. The highest BCUT2D eigenvalue weighted by atomic mass is 16.1. The molecule has 1 fully saturated rings. The van der Waals surface area contributed by atoms with E-state index >= 15 is 0 Å². The molecule has 0 aliphatic heterocycles. The molecule has 0 aromatic heterocycles. The van der Waals surface area contributed by atoms with Crippen molar-refractivity contribution in [2.24, 2.45) is 11.1 Å². The molecule has 2 rings (SSSR count). The maximum absolute atomic E-state index is 11.8. The summed E-state index contributed by atoms with van der Waals surface area (Å²) in [6, 6.07) is 9.91. The standard InChI is InChI=1S/C16H24N2O/c1-16(10-5-11-16)12-18-15(19)9-8-14(17)13-6-3-2-4-7-13/h2-4,6-7,14H,5,8-12,17H2,1H3,(H,18,19). The Morgan fingerprint density at radius 2 is 2.05 bits per heavy atom. The van der Waals surface area contributed by atoms with Crippen LogP contribution in [-0.2, 0) is 4.79 Å². The van der Waals surface area contributed by atoms with Crippen LogP contribution in [0.2, 0.25) is 0 Å². The molecule has 3 N–H and O–H groups in total. The fraction of sp³-hybridized carbons (Fsp3) is 0.562. The van der Waals surface area contributed by atoms with Crippen molar-refractivity contribution in [3.8, 4) is 0 Å². The van der Waals surface area contributed by atoms with Crippen LogP contribution >= 0.6 is 0 Å². The molecule has 1 aromatic carbocycles. The molecule has 0 saturated heterocycles. The topological polar surface area (TPSA) is 55.1 Å². The molecule has 1 saturated carbocycles. The van der Waals surface area contributed by atoms with E-state index in [9.17, 15) is 4.79 Å². The van der Waals surface area contributed by atoms with Gasteiger partial charge in [0.15, 0.2) is 0 Å². The quantitative estimate of drug-likeness (QED) is 0.826. The number of hydrogen-bond donors (Lipinski definition) is 2. The van der Waals surface area contributed by atoms with Crippen molar-refractivity contribution in [3.05, 3.63) is 35.9 Å². The van der Waals surface area contributed by atoms with Crippen LogP contribution in [0, 0.1) is 5.41 Å². The van der Waals surface area contributed by atoms with Crippen LogP contribution in [-0.4, -0.2) is 12.5 Å². The van der Waals surface area contributed by atoms with Gasteiger partial charge in [0.1, 0.15) is 0 Å². The zero-order valence-electron chi connectivity index (χ0n) is 11.7. The highest BCUT2D eigenvalue weighted by molar-refractivity contribution is 5.75. The number of nitrogens with two attached hydrogens (primary N) is 1. The van der Waals surface area contributed by atoms with Crippen LogP contribution in [0.15, 0.2) is 30.3 Å². The Morgan fingerprint density at radius 1 is 1.37 bits per heavy atom. The van der Waals surface area contributed by atoms with Crippen molar-refractivity contribution >= 4 is 5.91 Å². The first-order valence-electron chi connectivity index (χ1n) is 7.16. The molecular weight excluding hydrogens is 236 g/mol. The molecule has 0 spiro atoms. The first-order valence-corrected chi connectivity index (χ1v) is 7.16. The summed E-state index contributed by atoms with van der Waals surface area (Å²) in [6.07, 6.45) is 4.97. The monoisotopic (exact) mass is 260 g/mol. The smallest absolute Gasteiger partial charge is 0.220 e. The molecule has 19 heavy (non-hydrogen) atoms. The van der Waals surface area contributed by atoms with E-state index in [1.807, 2.05) is 30.3 Å². The average molecular weight is 260 g/mol. The molecule has 3 heteroatoms. The summed E-state index contributed by atoms with van der Waals surface area (Å²) in [7, 11) is 0. The number of amides is 1. The summed E-state index contributed by atoms with van der Waals surface area (Å²) < 4.78 is 0. The minimum absolute atomic E-state index is 0.0498. The SMILES string of the molecule is CC1(CNC(=O)CCC(N)c2ccccc2)CCC1. The highest BCUT2D eigenvalue weighted by Gasteiger charge is 2.31. The molecule has 104 valence electrons. The van der Waals surface area contributed by atoms with Crippen LogP contribution in [0.25, 0.3) is 0 Å². The Bertz CT molecular complexity index is 412. The molecule has 0 bridgehead atoms. The van der Waals surface area contributed by atoms with E-state index in [0.717, 1.165) is 12.1 Å². The number of nitrogens with one attached hydrogen (secondary N) is 1. The van der Waals surface area contributed by atoms with Gasteiger partial charge < -0.3 is 11.1 Å². The molecule has 1 amide bonds. The summed E-state index contributed by atoms with van der Waals surface area (Å²) in [4.78, 5) is 11.8. The summed E-state index contributed by atoms with van der Waals surface area (Å²) in [5.74, 6) is 0.125. The zero-order chi connectivity index (χ0) is 13.7. The fourth-order valence-corrected chi connectivity index (χ4v) is 2.51. The van der Waals surface area contributed by atoms with Gasteiger partial charge in [-0.15, -0.1) is 0 Å². The number of hydrogen-bond acceptors (Lipinski definition) is 2. The molecule has 1 aliphatic rings. The Kier molecular flexibility index (Phi) is 4.59. The molecule has 1 aliphatic carbocycles. The molecule has 0 heterocycles. The van der Waals surface area contributed by atoms with Crippen LogP contribution in [0.3, 0.4) is 0 Å². The summed E-state index contributed by atoms with van der Waals surface area (Å²) >= 11 is 0. The second-order valence-corrected chi connectivity index (χ2v) is 6.00. The normalized spacial score (nSPS) is 18.4. The van der Waals surface area contributed by atoms with E-state index in [1.54, 1.807) is 0 Å². The molecule has 3 nitrogen and oxygen atoms in total. The van der Waals surface area contributed by atoms with Crippen molar-refractivity contribution < 1.29 is 4.79 Å². The summed E-state index contributed by atoms with van der Waals surface area (Å²) in [5.41, 5.74) is 7.53. The predicted molar refractivity (Wildman–Crippen MR) is 77.6 cm³/mol. The van der Waals surface area contributed by atoms with E-state index in [2.05, 4.69) is 12.2 Å². The largest absolute Gasteiger partial charge is 0.356 e. The van der Waals surface area contributed by atoms with Crippen molar-refractivity contribution in [1.82, 2.24) is 5.32 Å². The minimum Gasteiger partial charge on any atom is -0.356 e. The van der Waals surface area contributed by atoms with Gasteiger partial charge in [-0.1, -0.05) is 43.7 Å². The van der Waals surface area contributed by atoms with Crippen molar-refractivity contribution in [1.29, 1.82) is 0 Å². The van der Waals surface area contributed by atoms with Crippen molar-refractivity contribution in [2.45, 2.75) is 45.1 Å². The third-order valence-electron chi connectivity index (χ3n) is 4.18. The second kappa shape index (κ2) is 6.20. The van der Waals surface area contributed by atoms with Crippen LogP contribution < -0.4 is 11.1 Å². The van der Waals surface area contributed by atoms with Gasteiger partial charge in [-0.25, -0.2) is 0 Å². The van der Waals surface area contributed by atoms with E-state index in [-0.39, 0.29) is 11.9 Å². The average Bonchev–Trinajstić information content (AvgIpc) is 2.41. The third kappa shape index (κ3) is 4.06. The van der Waals surface area contributed by atoms with Crippen molar-refractivity contribution in [3.63, 3.8) is 0 Å². The van der Waals surface area contributed by atoms with E-state index < -0.39 is 0 Å². The van der Waals surface area contributed by atoms with E-state index in [4.69, 9.17) is 5.73 Å². The van der Waals surface area contributed by atoms with E-state index in [1.165, 1.54) is 19.3 Å². The van der Waals surface area contributed by atoms with Crippen LogP contribution in [0.5, 0.6) is 0 Å². The first kappa shape index (κ1) is 14.1. The Labute approximate surface area is 115 Å². The Hall–Kier alpha value is -1.35. The molecular formula is C16H24N2O. The van der Waals surface area contributed by atoms with Gasteiger partial charge in [-0.05, 0) is 30.2 Å². The highest BCUT2D eigenvalue weighted by Crippen LogP contribution is 2.39. The lowest BCUT2D eigenvalue weighted by Gasteiger charge is -2.38. The minimum atomic E-state index is -0.0498. The third-order valence-corrected chi connectivity index (χ3v) is 4.18. The number of benzene rings is 1. The molecule has 1 unspecified atom stereocenters. The fourth-order valence-electron chi connectivity index (χ4n) is 2.51.